The van der Waals surface area contributed by atoms with Crippen molar-refractivity contribution in [3.63, 3.8) is 0 Å². The van der Waals surface area contributed by atoms with Gasteiger partial charge in [0.2, 0.25) is 16.0 Å². The number of anilines is 2. The number of fused-ring (bicyclic) bond motifs is 1. The summed E-state index contributed by atoms with van der Waals surface area (Å²) in [6, 6.07) is 16.0. The molecule has 1 fully saturated rings. The fraction of sp³-hybridized carbons (Fsp3) is 0.364. The highest BCUT2D eigenvalue weighted by atomic mass is 32.2. The van der Waals surface area contributed by atoms with Crippen molar-refractivity contribution in [1.82, 2.24) is 24.2 Å². The molecule has 6 rings (SSSR count). The first kappa shape index (κ1) is 33.0. The molecule has 0 amide bonds. The monoisotopic (exact) mass is 678 g/mol. The number of nitrogens with one attached hydrogen (secondary N) is 2. The fourth-order valence-corrected chi connectivity index (χ4v) is 8.01. The largest absolute Gasteiger partial charge is 0.381 e. The van der Waals surface area contributed by atoms with Crippen LogP contribution in [0.1, 0.15) is 24.8 Å². The molecule has 4 heterocycles. The summed E-state index contributed by atoms with van der Waals surface area (Å²) in [5, 5.41) is 6.52. The molecule has 47 heavy (non-hydrogen) atoms. The Balaban J connectivity index is 1.37. The van der Waals surface area contributed by atoms with Crippen LogP contribution in [-0.2, 0) is 31.1 Å². The zero-order valence-electron chi connectivity index (χ0n) is 26.3. The first-order valence-electron chi connectivity index (χ1n) is 15.5. The summed E-state index contributed by atoms with van der Waals surface area (Å²) in [6.45, 7) is 2.61. The number of hydrogen-bond donors (Lipinski definition) is 2. The van der Waals surface area contributed by atoms with Crippen molar-refractivity contribution in [2.75, 3.05) is 51.5 Å². The molecule has 2 N–H and O–H groups in total. The van der Waals surface area contributed by atoms with Gasteiger partial charge in [-0.2, -0.15) is 4.98 Å². The van der Waals surface area contributed by atoms with Crippen LogP contribution in [0.15, 0.2) is 76.6 Å². The van der Waals surface area contributed by atoms with Crippen molar-refractivity contribution in [2.24, 2.45) is 0 Å². The molecule has 0 aliphatic carbocycles. The number of aromatic nitrogens is 3. The van der Waals surface area contributed by atoms with E-state index in [-0.39, 0.29) is 29.5 Å². The maximum Gasteiger partial charge on any atom is 0.260 e. The van der Waals surface area contributed by atoms with Crippen LogP contribution in [0.25, 0.3) is 27.7 Å². The summed E-state index contributed by atoms with van der Waals surface area (Å²) in [7, 11) is -5.70. The predicted molar refractivity (Wildman–Crippen MR) is 183 cm³/mol. The lowest BCUT2D eigenvalue weighted by Gasteiger charge is -2.22. The Hall–Kier alpha value is -3.95. The van der Waals surface area contributed by atoms with Gasteiger partial charge in [0.05, 0.1) is 16.4 Å². The van der Waals surface area contributed by atoms with Crippen LogP contribution in [0.4, 0.5) is 11.6 Å². The zero-order chi connectivity index (χ0) is 33.2. The van der Waals surface area contributed by atoms with Crippen molar-refractivity contribution in [3.05, 3.63) is 82.8 Å². The Morgan fingerprint density at radius 1 is 1.04 bits per heavy atom. The average Bonchev–Trinajstić information content (AvgIpc) is 3.08. The summed E-state index contributed by atoms with van der Waals surface area (Å²) in [6.07, 6.45) is 6.68. The Morgan fingerprint density at radius 3 is 2.51 bits per heavy atom. The van der Waals surface area contributed by atoms with E-state index in [2.05, 4.69) is 26.7 Å². The molecule has 4 aromatic rings. The number of ether oxygens (including phenoxy) is 1. The highest BCUT2D eigenvalue weighted by Gasteiger charge is 2.30. The Morgan fingerprint density at radius 2 is 1.81 bits per heavy atom. The maximum absolute atomic E-state index is 14.1. The van der Waals surface area contributed by atoms with Gasteiger partial charge in [0, 0.05) is 62.7 Å². The molecule has 0 atom stereocenters. The van der Waals surface area contributed by atoms with Crippen LogP contribution < -0.4 is 16.2 Å². The second-order valence-corrected chi connectivity index (χ2v) is 16.2. The van der Waals surface area contributed by atoms with Crippen LogP contribution >= 0.6 is 0 Å². The topological polar surface area (TPSA) is 153 Å². The second-order valence-electron chi connectivity index (χ2n) is 11.8. The molecule has 2 aromatic heterocycles. The first-order chi connectivity index (χ1) is 22.5. The predicted octanol–water partition coefficient (Wildman–Crippen LogP) is 3.42. The summed E-state index contributed by atoms with van der Waals surface area (Å²) in [5.74, 6) is 0.272. The van der Waals surface area contributed by atoms with Gasteiger partial charge in [0.15, 0.2) is 9.84 Å². The van der Waals surface area contributed by atoms with E-state index in [1.807, 2.05) is 24.3 Å². The molecule has 248 valence electrons. The Kier molecular flexibility index (Phi) is 9.58. The van der Waals surface area contributed by atoms with Crippen molar-refractivity contribution in [2.45, 2.75) is 36.0 Å². The highest BCUT2D eigenvalue weighted by molar-refractivity contribution is 7.92. The van der Waals surface area contributed by atoms with Crippen molar-refractivity contribution in [3.8, 4) is 11.1 Å². The SMILES string of the molecule is CN(CCn1c(=O)c(-c2cccc(S(=O)(=O)C3CCOCC3)c2)cc2cnc(Nc3ccc(C4=CCNCC4)cc3)nc21)S(C)(=O)=O. The van der Waals surface area contributed by atoms with E-state index in [4.69, 9.17) is 4.74 Å². The van der Waals surface area contributed by atoms with Gasteiger partial charge in [0.25, 0.3) is 5.56 Å². The number of nitrogens with zero attached hydrogens (tertiary/aromatic N) is 4. The Bertz CT molecular complexity index is 2090. The molecule has 0 unspecified atom stereocenters. The van der Waals surface area contributed by atoms with Gasteiger partial charge in [-0.1, -0.05) is 30.3 Å². The third-order valence-electron chi connectivity index (χ3n) is 8.69. The van der Waals surface area contributed by atoms with E-state index in [0.29, 0.717) is 42.7 Å². The van der Waals surface area contributed by atoms with Crippen molar-refractivity contribution >= 4 is 48.1 Å². The number of benzene rings is 2. The van der Waals surface area contributed by atoms with Crippen LogP contribution in [0, 0.1) is 0 Å². The fourth-order valence-electron chi connectivity index (χ4n) is 5.84. The third-order valence-corrected chi connectivity index (χ3v) is 12.3. The van der Waals surface area contributed by atoms with E-state index in [0.717, 1.165) is 37.0 Å². The van der Waals surface area contributed by atoms with Crippen LogP contribution in [-0.4, -0.2) is 87.1 Å². The van der Waals surface area contributed by atoms with Gasteiger partial charge in [-0.05, 0) is 72.8 Å². The van der Waals surface area contributed by atoms with Gasteiger partial charge in [-0.25, -0.2) is 26.1 Å². The molecule has 0 radical (unpaired) electrons. The third kappa shape index (κ3) is 7.31. The molecule has 0 spiro atoms. The molecular weight excluding hydrogens is 641 g/mol. The van der Waals surface area contributed by atoms with E-state index in [1.54, 1.807) is 30.5 Å². The lowest BCUT2D eigenvalue weighted by Crippen LogP contribution is -2.33. The molecule has 2 aliphatic rings. The van der Waals surface area contributed by atoms with Crippen LogP contribution in [0.3, 0.4) is 0 Å². The molecule has 2 aliphatic heterocycles. The number of sulfone groups is 1. The average molecular weight is 679 g/mol. The van der Waals surface area contributed by atoms with Crippen LogP contribution in [0.2, 0.25) is 0 Å². The summed E-state index contributed by atoms with van der Waals surface area (Å²) in [4.78, 5) is 23.4. The smallest absolute Gasteiger partial charge is 0.260 e. The van der Waals surface area contributed by atoms with E-state index >= 15 is 0 Å². The highest BCUT2D eigenvalue weighted by Crippen LogP contribution is 2.29. The maximum atomic E-state index is 14.1. The standard InChI is InChI=1S/C33H38N6O6S2/c1-38(46(2,41)42)16-17-39-31-26(22-35-33(37-31)36-27-8-6-23(7-9-27)24-10-14-34-15-11-24)21-30(32(39)40)25-4-3-5-29(20-25)47(43,44)28-12-18-45-19-13-28/h3-10,20-22,28,34H,11-19H2,1-2H3,(H,35,36,37). The molecule has 0 saturated carbocycles. The number of rotatable bonds is 10. The second kappa shape index (κ2) is 13.6. The van der Waals surface area contributed by atoms with Gasteiger partial charge < -0.3 is 15.4 Å². The van der Waals surface area contributed by atoms with Crippen LogP contribution in [0.5, 0.6) is 0 Å². The first-order valence-corrected chi connectivity index (χ1v) is 18.9. The normalized spacial score (nSPS) is 16.4. The van der Waals surface area contributed by atoms with Crippen molar-refractivity contribution < 1.29 is 21.6 Å². The molecule has 1 saturated heterocycles. The number of likely N-dealkylation sites (N-methyl/N-ethyl adjacent to an activating group) is 1. The lowest BCUT2D eigenvalue weighted by atomic mass is 10.0. The van der Waals surface area contributed by atoms with Gasteiger partial charge in [-0.3, -0.25) is 9.36 Å². The number of hydrogen-bond acceptors (Lipinski definition) is 10. The zero-order valence-corrected chi connectivity index (χ0v) is 28.0. The summed E-state index contributed by atoms with van der Waals surface area (Å²) < 4.78 is 59.2. The number of pyridine rings is 1. The van der Waals surface area contributed by atoms with E-state index < -0.39 is 30.7 Å². The summed E-state index contributed by atoms with van der Waals surface area (Å²) >= 11 is 0. The minimum absolute atomic E-state index is 0.0158. The molecular formula is C33H38N6O6S2. The van der Waals surface area contributed by atoms with Gasteiger partial charge in [-0.15, -0.1) is 0 Å². The Labute approximate surface area is 274 Å². The number of sulfonamides is 1. The molecule has 12 nitrogen and oxygen atoms in total. The minimum atomic E-state index is -3.64. The molecule has 14 heteroatoms. The van der Waals surface area contributed by atoms with E-state index in [9.17, 15) is 21.6 Å². The lowest BCUT2D eigenvalue weighted by molar-refractivity contribution is 0.0983. The minimum Gasteiger partial charge on any atom is -0.381 e. The summed E-state index contributed by atoms with van der Waals surface area (Å²) in [5.41, 5.74) is 3.80. The van der Waals surface area contributed by atoms with Gasteiger partial charge >= 0.3 is 0 Å². The van der Waals surface area contributed by atoms with Gasteiger partial charge in [0.1, 0.15) is 5.65 Å². The quantitative estimate of drug-likeness (QED) is 0.255. The van der Waals surface area contributed by atoms with Crippen molar-refractivity contribution in [1.29, 1.82) is 0 Å². The molecule has 0 bridgehead atoms. The molecule has 2 aromatic carbocycles. The van der Waals surface area contributed by atoms with E-state index in [1.165, 1.54) is 27.6 Å².